The Balaban J connectivity index is 1.80. The van der Waals surface area contributed by atoms with Gasteiger partial charge in [-0.25, -0.2) is 5.01 Å². The quantitative estimate of drug-likeness (QED) is 0.370. The van der Waals surface area contributed by atoms with E-state index in [1.165, 1.54) is 36.4 Å². The lowest BCUT2D eigenvalue weighted by molar-refractivity contribution is -0.385. The van der Waals surface area contributed by atoms with Gasteiger partial charge in [-0.3, -0.25) is 24.5 Å². The van der Waals surface area contributed by atoms with Gasteiger partial charge in [0.1, 0.15) is 5.56 Å². The van der Waals surface area contributed by atoms with Crippen LogP contribution in [0.15, 0.2) is 78.9 Å². The van der Waals surface area contributed by atoms with Crippen molar-refractivity contribution in [2.24, 2.45) is 0 Å². The van der Waals surface area contributed by atoms with Crippen LogP contribution in [0, 0.1) is 10.1 Å². The second-order valence-corrected chi connectivity index (χ2v) is 6.59. The number of para-hydroxylation sites is 1. The average Bonchev–Trinajstić information content (AvgIpc) is 3.03. The Bertz CT molecular complexity index is 1140. The number of hydrogen-bond donors (Lipinski definition) is 0. The molecular formula is C22H15N3O5. The molecule has 0 saturated carbocycles. The minimum atomic E-state index is -0.819. The third-order valence-corrected chi connectivity index (χ3v) is 4.75. The van der Waals surface area contributed by atoms with E-state index >= 15 is 0 Å². The molecule has 0 unspecified atom stereocenters. The highest BCUT2D eigenvalue weighted by atomic mass is 16.6. The van der Waals surface area contributed by atoms with Crippen molar-refractivity contribution in [3.63, 3.8) is 0 Å². The van der Waals surface area contributed by atoms with Gasteiger partial charge in [-0.2, -0.15) is 5.01 Å². The van der Waals surface area contributed by atoms with E-state index < -0.39 is 28.3 Å². The standard InChI is InChI=1S/C22H15N3O5/c26-20(18-12-6-7-13-19(18)25(29)30)23(14-15-8-2-1-3-9-15)24-21(27)16-10-4-5-11-17(16)22(24)28/h1-13H,14H2. The number of carbonyl (C=O) groups excluding carboxylic acids is 3. The van der Waals surface area contributed by atoms with Crippen LogP contribution < -0.4 is 0 Å². The van der Waals surface area contributed by atoms with Crippen molar-refractivity contribution in [2.45, 2.75) is 6.54 Å². The van der Waals surface area contributed by atoms with E-state index in [2.05, 4.69) is 0 Å². The number of hydrogen-bond acceptors (Lipinski definition) is 5. The van der Waals surface area contributed by atoms with Gasteiger partial charge >= 0.3 is 0 Å². The predicted molar refractivity (Wildman–Crippen MR) is 106 cm³/mol. The summed E-state index contributed by atoms with van der Waals surface area (Å²) < 4.78 is 0. The molecule has 3 amide bonds. The molecule has 0 fully saturated rings. The van der Waals surface area contributed by atoms with E-state index in [0.29, 0.717) is 5.56 Å². The summed E-state index contributed by atoms with van der Waals surface area (Å²) in [5, 5.41) is 13.1. The number of benzene rings is 3. The Kier molecular flexibility index (Phi) is 4.81. The molecule has 0 bridgehead atoms. The van der Waals surface area contributed by atoms with E-state index in [1.807, 2.05) is 0 Å². The Morgan fingerprint density at radius 3 is 1.97 bits per heavy atom. The summed E-state index contributed by atoms with van der Waals surface area (Å²) in [5.41, 5.74) is 0.389. The highest BCUT2D eigenvalue weighted by Crippen LogP contribution is 2.28. The van der Waals surface area contributed by atoms with E-state index in [0.717, 1.165) is 10.0 Å². The minimum Gasteiger partial charge on any atom is -0.267 e. The molecule has 0 aromatic heterocycles. The summed E-state index contributed by atoms with van der Waals surface area (Å²) >= 11 is 0. The highest BCUT2D eigenvalue weighted by Gasteiger charge is 2.42. The molecule has 3 aromatic carbocycles. The number of nitro benzene ring substituents is 1. The van der Waals surface area contributed by atoms with Crippen molar-refractivity contribution in [3.8, 4) is 0 Å². The number of carbonyl (C=O) groups is 3. The van der Waals surface area contributed by atoms with Crippen LogP contribution in [-0.4, -0.2) is 32.7 Å². The van der Waals surface area contributed by atoms with Crippen molar-refractivity contribution >= 4 is 23.4 Å². The van der Waals surface area contributed by atoms with E-state index in [4.69, 9.17) is 0 Å². The number of nitrogens with zero attached hydrogens (tertiary/aromatic N) is 3. The Hall–Kier alpha value is -4.33. The molecule has 4 rings (SSSR count). The average molecular weight is 401 g/mol. The second kappa shape index (κ2) is 7.59. The summed E-state index contributed by atoms with van der Waals surface area (Å²) in [6.45, 7) is -0.114. The normalized spacial score (nSPS) is 12.6. The van der Waals surface area contributed by atoms with Crippen molar-refractivity contribution < 1.29 is 19.3 Å². The van der Waals surface area contributed by atoms with Crippen LogP contribution in [0.25, 0.3) is 0 Å². The Labute approximate surface area is 171 Å². The topological polar surface area (TPSA) is 101 Å². The van der Waals surface area contributed by atoms with Crippen molar-refractivity contribution in [3.05, 3.63) is 111 Å². The van der Waals surface area contributed by atoms with E-state index in [1.54, 1.807) is 42.5 Å². The SMILES string of the molecule is O=C(c1ccccc1[N+](=O)[O-])N(Cc1ccccc1)N1C(=O)c2ccccc2C1=O. The Morgan fingerprint density at radius 1 is 0.833 bits per heavy atom. The molecular weight excluding hydrogens is 386 g/mol. The number of rotatable bonds is 5. The number of imide groups is 1. The lowest BCUT2D eigenvalue weighted by Gasteiger charge is -2.30. The first-order chi connectivity index (χ1) is 14.5. The molecule has 30 heavy (non-hydrogen) atoms. The van der Waals surface area contributed by atoms with Crippen LogP contribution in [0.1, 0.15) is 36.6 Å². The number of fused-ring (bicyclic) bond motifs is 1. The first-order valence-corrected chi connectivity index (χ1v) is 9.06. The molecule has 0 radical (unpaired) electrons. The molecule has 148 valence electrons. The van der Waals surface area contributed by atoms with Gasteiger partial charge in [0, 0.05) is 6.07 Å². The van der Waals surface area contributed by atoms with E-state index in [-0.39, 0.29) is 23.2 Å². The fourth-order valence-corrected chi connectivity index (χ4v) is 3.34. The maximum atomic E-state index is 13.4. The zero-order valence-electron chi connectivity index (χ0n) is 15.6. The molecule has 0 saturated heterocycles. The summed E-state index contributed by atoms with van der Waals surface area (Å²) in [7, 11) is 0. The van der Waals surface area contributed by atoms with Gasteiger partial charge in [0.05, 0.1) is 22.6 Å². The van der Waals surface area contributed by atoms with Crippen LogP contribution in [0.5, 0.6) is 0 Å². The van der Waals surface area contributed by atoms with Crippen LogP contribution in [0.4, 0.5) is 5.69 Å². The van der Waals surface area contributed by atoms with Crippen LogP contribution in [0.3, 0.4) is 0 Å². The number of hydrazine groups is 1. The summed E-state index contributed by atoms with van der Waals surface area (Å²) in [6.07, 6.45) is 0. The first kappa shape index (κ1) is 19.0. The molecule has 1 heterocycles. The van der Waals surface area contributed by atoms with Crippen LogP contribution >= 0.6 is 0 Å². The lowest BCUT2D eigenvalue weighted by atomic mass is 10.1. The van der Waals surface area contributed by atoms with Gasteiger partial charge in [-0.15, -0.1) is 0 Å². The molecule has 8 heteroatoms. The first-order valence-electron chi connectivity index (χ1n) is 9.06. The molecule has 0 N–H and O–H groups in total. The van der Waals surface area contributed by atoms with Gasteiger partial charge < -0.3 is 0 Å². The molecule has 0 aliphatic carbocycles. The van der Waals surface area contributed by atoms with E-state index in [9.17, 15) is 24.5 Å². The predicted octanol–water partition coefficient (Wildman–Crippen LogP) is 3.45. The molecule has 3 aromatic rings. The lowest BCUT2D eigenvalue weighted by Crippen LogP contribution is -2.49. The molecule has 1 aliphatic rings. The van der Waals surface area contributed by atoms with Gasteiger partial charge in [0.15, 0.2) is 0 Å². The highest BCUT2D eigenvalue weighted by molar-refractivity contribution is 6.22. The third kappa shape index (κ3) is 3.20. The summed E-state index contributed by atoms with van der Waals surface area (Å²) in [5.74, 6) is -2.13. The Morgan fingerprint density at radius 2 is 1.37 bits per heavy atom. The largest absolute Gasteiger partial charge is 0.282 e. The van der Waals surface area contributed by atoms with Crippen molar-refractivity contribution in [1.82, 2.24) is 10.0 Å². The fraction of sp³-hybridized carbons (Fsp3) is 0.0455. The molecule has 0 spiro atoms. The summed E-state index contributed by atoms with van der Waals surface area (Å²) in [6, 6.07) is 20.5. The minimum absolute atomic E-state index is 0.114. The molecule has 0 atom stereocenters. The van der Waals surface area contributed by atoms with Crippen molar-refractivity contribution in [1.29, 1.82) is 0 Å². The van der Waals surface area contributed by atoms with Gasteiger partial charge in [0.25, 0.3) is 23.4 Å². The van der Waals surface area contributed by atoms with Crippen molar-refractivity contribution in [2.75, 3.05) is 0 Å². The zero-order valence-corrected chi connectivity index (χ0v) is 15.6. The summed E-state index contributed by atoms with van der Waals surface area (Å²) in [4.78, 5) is 50.1. The molecule has 8 nitrogen and oxygen atoms in total. The van der Waals surface area contributed by atoms with Gasteiger partial charge in [0.2, 0.25) is 0 Å². The smallest absolute Gasteiger partial charge is 0.267 e. The maximum Gasteiger partial charge on any atom is 0.282 e. The fourth-order valence-electron chi connectivity index (χ4n) is 3.34. The molecule has 1 aliphatic heterocycles. The number of amides is 3. The zero-order chi connectivity index (χ0) is 21.3. The van der Waals surface area contributed by atoms with Gasteiger partial charge in [-0.05, 0) is 23.8 Å². The third-order valence-electron chi connectivity index (χ3n) is 4.75. The second-order valence-electron chi connectivity index (χ2n) is 6.59. The van der Waals surface area contributed by atoms with Crippen LogP contribution in [0.2, 0.25) is 0 Å². The number of nitro groups is 1. The monoisotopic (exact) mass is 401 g/mol. The van der Waals surface area contributed by atoms with Gasteiger partial charge in [-0.1, -0.05) is 54.6 Å². The maximum absolute atomic E-state index is 13.4. The van der Waals surface area contributed by atoms with Crippen LogP contribution in [-0.2, 0) is 6.54 Å².